The minimum absolute atomic E-state index is 0.0541. The van der Waals surface area contributed by atoms with Gasteiger partial charge < -0.3 is 15.2 Å². The molecule has 1 aromatic rings. The number of hydrogen-bond acceptors (Lipinski definition) is 5. The van der Waals surface area contributed by atoms with Crippen LogP contribution in [0.5, 0.6) is 5.75 Å². The molecule has 0 aromatic heterocycles. The van der Waals surface area contributed by atoms with Gasteiger partial charge in [0.2, 0.25) is 0 Å². The predicted molar refractivity (Wildman–Crippen MR) is 98.4 cm³/mol. The Labute approximate surface area is 153 Å². The van der Waals surface area contributed by atoms with E-state index in [1.54, 1.807) is 18.2 Å². The minimum atomic E-state index is -0.500. The van der Waals surface area contributed by atoms with E-state index in [9.17, 15) is 14.7 Å². The molecule has 0 bridgehead atoms. The zero-order valence-electron chi connectivity index (χ0n) is 15.3. The summed E-state index contributed by atoms with van der Waals surface area (Å²) in [6.07, 6.45) is 3.81. The van der Waals surface area contributed by atoms with Crippen LogP contribution in [0.4, 0.5) is 0 Å². The number of esters is 1. The molecular weight excluding hydrogens is 330 g/mol. The number of hydrogen-bond donors (Lipinski definition) is 2. The van der Waals surface area contributed by atoms with Crippen LogP contribution in [0.2, 0.25) is 0 Å². The van der Waals surface area contributed by atoms with Crippen LogP contribution in [-0.4, -0.2) is 23.5 Å². The van der Waals surface area contributed by atoms with Crippen LogP contribution in [0.15, 0.2) is 46.8 Å². The van der Waals surface area contributed by atoms with Crippen molar-refractivity contribution in [2.24, 2.45) is 0 Å². The predicted octanol–water partition coefficient (Wildman–Crippen LogP) is 3.70. The zero-order valence-corrected chi connectivity index (χ0v) is 15.3. The van der Waals surface area contributed by atoms with Gasteiger partial charge in [0, 0.05) is 29.3 Å². The average molecular weight is 355 g/mol. The topological polar surface area (TPSA) is 75.6 Å². The Kier molecular flexibility index (Phi) is 5.45. The van der Waals surface area contributed by atoms with Crippen LogP contribution < -0.4 is 5.32 Å². The molecule has 0 saturated carbocycles. The van der Waals surface area contributed by atoms with Gasteiger partial charge in [0.1, 0.15) is 5.75 Å². The fourth-order valence-corrected chi connectivity index (χ4v) is 3.68. The summed E-state index contributed by atoms with van der Waals surface area (Å²) in [5.74, 6) is -0.733. The number of aromatic hydroxyl groups is 1. The summed E-state index contributed by atoms with van der Waals surface area (Å²) in [6.45, 7) is 4.24. The largest absolute Gasteiger partial charge is 0.508 e. The fourth-order valence-electron chi connectivity index (χ4n) is 3.68. The number of carbonyl (C=O) groups excluding carboxylic acids is 2. The molecule has 5 nitrogen and oxygen atoms in total. The van der Waals surface area contributed by atoms with E-state index in [-0.39, 0.29) is 11.5 Å². The van der Waals surface area contributed by atoms with Crippen molar-refractivity contribution in [3.8, 4) is 5.75 Å². The van der Waals surface area contributed by atoms with Crippen molar-refractivity contribution in [2.75, 3.05) is 6.61 Å². The van der Waals surface area contributed by atoms with Gasteiger partial charge in [-0.25, -0.2) is 4.79 Å². The Hall–Kier alpha value is -2.56. The smallest absolute Gasteiger partial charge is 0.336 e. The Morgan fingerprint density at radius 2 is 2.15 bits per heavy atom. The Morgan fingerprint density at radius 3 is 2.88 bits per heavy atom. The molecular formula is C21H25NO4. The molecule has 0 radical (unpaired) electrons. The van der Waals surface area contributed by atoms with Crippen molar-refractivity contribution in [1.29, 1.82) is 0 Å². The molecule has 5 heteroatoms. The quantitative estimate of drug-likeness (QED) is 0.622. The third-order valence-electron chi connectivity index (χ3n) is 4.93. The maximum atomic E-state index is 12.8. The van der Waals surface area contributed by atoms with Gasteiger partial charge in [-0.2, -0.15) is 0 Å². The van der Waals surface area contributed by atoms with E-state index in [4.69, 9.17) is 4.74 Å². The van der Waals surface area contributed by atoms with Crippen molar-refractivity contribution >= 4 is 11.8 Å². The van der Waals surface area contributed by atoms with Gasteiger partial charge in [-0.3, -0.25) is 4.79 Å². The van der Waals surface area contributed by atoms with Crippen molar-refractivity contribution in [3.63, 3.8) is 0 Å². The Morgan fingerprint density at radius 1 is 1.35 bits per heavy atom. The van der Waals surface area contributed by atoms with Gasteiger partial charge in [-0.1, -0.05) is 25.5 Å². The molecule has 26 heavy (non-hydrogen) atoms. The van der Waals surface area contributed by atoms with E-state index in [1.165, 1.54) is 0 Å². The first-order valence-corrected chi connectivity index (χ1v) is 9.23. The number of carbonyl (C=O) groups is 2. The summed E-state index contributed by atoms with van der Waals surface area (Å²) >= 11 is 0. The zero-order chi connectivity index (χ0) is 18.7. The lowest BCUT2D eigenvalue weighted by atomic mass is 9.75. The highest BCUT2D eigenvalue weighted by molar-refractivity contribution is 6.03. The number of dihydropyridines is 1. The molecule has 1 atom stereocenters. The normalized spacial score (nSPS) is 19.9. The first-order chi connectivity index (χ1) is 12.5. The van der Waals surface area contributed by atoms with Crippen molar-refractivity contribution in [2.45, 2.75) is 51.9 Å². The number of Topliss-reactive ketones (excluding diaryl/α,β-unsaturated/α-hetero) is 1. The maximum absolute atomic E-state index is 12.8. The minimum Gasteiger partial charge on any atom is -0.508 e. The SMILES string of the molecule is CCCCOC(=O)C1=C(C)NC2=C(C(=O)CCC2)[C@@H]1c1cccc(O)c1. The molecule has 1 aliphatic heterocycles. The molecule has 2 N–H and O–H groups in total. The van der Waals surface area contributed by atoms with Crippen molar-refractivity contribution in [3.05, 3.63) is 52.4 Å². The third-order valence-corrected chi connectivity index (χ3v) is 4.93. The van der Waals surface area contributed by atoms with Crippen molar-refractivity contribution in [1.82, 2.24) is 5.32 Å². The van der Waals surface area contributed by atoms with Gasteiger partial charge in [-0.15, -0.1) is 0 Å². The summed E-state index contributed by atoms with van der Waals surface area (Å²) < 4.78 is 5.46. The molecule has 2 aliphatic rings. The number of phenols is 1. The van der Waals surface area contributed by atoms with Crippen LogP contribution in [0.3, 0.4) is 0 Å². The van der Waals surface area contributed by atoms with E-state index < -0.39 is 11.9 Å². The number of phenolic OH excluding ortho intramolecular Hbond substituents is 1. The van der Waals surface area contributed by atoms with Crippen LogP contribution in [0.1, 0.15) is 57.4 Å². The lowest BCUT2D eigenvalue weighted by Gasteiger charge is -2.34. The van der Waals surface area contributed by atoms with E-state index in [2.05, 4.69) is 5.32 Å². The molecule has 1 aliphatic carbocycles. The highest BCUT2D eigenvalue weighted by Gasteiger charge is 2.39. The van der Waals surface area contributed by atoms with E-state index >= 15 is 0 Å². The maximum Gasteiger partial charge on any atom is 0.336 e. The van der Waals surface area contributed by atoms with Gasteiger partial charge in [0.25, 0.3) is 0 Å². The Balaban J connectivity index is 2.06. The number of ether oxygens (including phenoxy) is 1. The number of rotatable bonds is 5. The molecule has 1 aromatic carbocycles. The molecule has 138 valence electrons. The first kappa shape index (κ1) is 18.2. The molecule has 1 heterocycles. The number of allylic oxidation sites excluding steroid dienone is 3. The molecule has 3 rings (SSSR count). The second-order valence-electron chi connectivity index (χ2n) is 6.85. The number of nitrogens with one attached hydrogen (secondary N) is 1. The van der Waals surface area contributed by atoms with E-state index in [0.717, 1.165) is 36.9 Å². The van der Waals surface area contributed by atoms with E-state index in [1.807, 2.05) is 19.9 Å². The standard InChI is InChI=1S/C21H25NO4/c1-3-4-11-26-21(25)18-13(2)22-16-9-6-10-17(24)20(16)19(18)14-7-5-8-15(23)12-14/h5,7-8,12,19,22-23H,3-4,6,9-11H2,1-2H3/t19-/m1/s1. The molecule has 0 saturated heterocycles. The number of benzene rings is 1. The van der Waals surface area contributed by atoms with Gasteiger partial charge in [0.05, 0.1) is 12.2 Å². The fraction of sp³-hybridized carbons (Fsp3) is 0.429. The highest BCUT2D eigenvalue weighted by Crippen LogP contribution is 2.43. The second-order valence-corrected chi connectivity index (χ2v) is 6.85. The van der Waals surface area contributed by atoms with Crippen LogP contribution in [-0.2, 0) is 14.3 Å². The van der Waals surface area contributed by atoms with Gasteiger partial charge in [-0.05, 0) is 43.9 Å². The second kappa shape index (κ2) is 7.77. The Bertz CT molecular complexity index is 791. The lowest BCUT2D eigenvalue weighted by Crippen LogP contribution is -2.34. The number of unbranched alkanes of at least 4 members (excludes halogenated alkanes) is 1. The highest BCUT2D eigenvalue weighted by atomic mass is 16.5. The third kappa shape index (κ3) is 3.52. The molecule has 0 spiro atoms. The lowest BCUT2D eigenvalue weighted by molar-refractivity contribution is -0.139. The summed E-state index contributed by atoms with van der Waals surface area (Å²) in [5, 5.41) is 13.2. The summed E-state index contributed by atoms with van der Waals surface area (Å²) in [4.78, 5) is 25.5. The van der Waals surface area contributed by atoms with Gasteiger partial charge >= 0.3 is 5.97 Å². The first-order valence-electron chi connectivity index (χ1n) is 9.23. The summed E-state index contributed by atoms with van der Waals surface area (Å²) in [7, 11) is 0. The summed E-state index contributed by atoms with van der Waals surface area (Å²) in [5.41, 5.74) is 3.43. The molecule has 0 fully saturated rings. The monoisotopic (exact) mass is 355 g/mol. The number of ketones is 1. The van der Waals surface area contributed by atoms with Crippen LogP contribution >= 0.6 is 0 Å². The van der Waals surface area contributed by atoms with Crippen LogP contribution in [0, 0.1) is 0 Å². The van der Waals surface area contributed by atoms with Crippen LogP contribution in [0.25, 0.3) is 0 Å². The van der Waals surface area contributed by atoms with E-state index in [0.29, 0.717) is 29.9 Å². The van der Waals surface area contributed by atoms with Gasteiger partial charge in [0.15, 0.2) is 5.78 Å². The van der Waals surface area contributed by atoms with Crippen molar-refractivity contribution < 1.29 is 19.4 Å². The molecule has 0 amide bonds. The summed E-state index contributed by atoms with van der Waals surface area (Å²) in [6, 6.07) is 6.78. The molecule has 0 unspecified atom stereocenters. The average Bonchev–Trinajstić information content (AvgIpc) is 2.61.